The number of H-pyrrole nitrogens is 3. The second-order valence-electron chi connectivity index (χ2n) is 3.61. The van der Waals surface area contributed by atoms with E-state index >= 15 is 0 Å². The molecule has 4 N–H and O–H groups in total. The van der Waals surface area contributed by atoms with Gasteiger partial charge in [0, 0.05) is 6.20 Å². The molecule has 0 aromatic carbocycles. The fourth-order valence-corrected chi connectivity index (χ4v) is 1.65. The molecule has 0 unspecified atom stereocenters. The van der Waals surface area contributed by atoms with Gasteiger partial charge in [-0.15, -0.1) is 0 Å². The molecule has 0 atom stereocenters. The minimum atomic E-state index is -0.635. The molecule has 0 spiro atoms. The van der Waals surface area contributed by atoms with Crippen LogP contribution in [-0.4, -0.2) is 30.0 Å². The number of hydrogen-bond acceptors (Lipinski definition) is 5. The standard InChI is InChI=1S/C10H7N5O3/c16-5-3-11-2-1-4(5)7-12-6-8(13-7)14-10(18)15-9(6)17/h1-3,16H,(H3,12,13,14,15,17,18). The van der Waals surface area contributed by atoms with Gasteiger partial charge in [-0.1, -0.05) is 0 Å². The summed E-state index contributed by atoms with van der Waals surface area (Å²) in [7, 11) is 0. The van der Waals surface area contributed by atoms with Crippen LogP contribution in [0.5, 0.6) is 5.75 Å². The Morgan fingerprint density at radius 2 is 2.00 bits per heavy atom. The zero-order chi connectivity index (χ0) is 12.7. The summed E-state index contributed by atoms with van der Waals surface area (Å²) in [6.45, 7) is 0. The van der Waals surface area contributed by atoms with Gasteiger partial charge in [-0.25, -0.2) is 9.78 Å². The predicted molar refractivity (Wildman–Crippen MR) is 62.2 cm³/mol. The van der Waals surface area contributed by atoms with E-state index in [9.17, 15) is 14.7 Å². The zero-order valence-electron chi connectivity index (χ0n) is 8.89. The number of hydrogen-bond donors (Lipinski definition) is 4. The Hall–Kier alpha value is -2.90. The summed E-state index contributed by atoms with van der Waals surface area (Å²) in [5.74, 6) is 0.201. The number of imidazole rings is 1. The molecule has 0 bridgehead atoms. The first-order chi connectivity index (χ1) is 8.65. The molecule has 0 radical (unpaired) electrons. The van der Waals surface area contributed by atoms with Crippen LogP contribution in [0, 0.1) is 0 Å². The van der Waals surface area contributed by atoms with E-state index in [1.54, 1.807) is 6.07 Å². The van der Waals surface area contributed by atoms with Gasteiger partial charge < -0.3 is 10.1 Å². The van der Waals surface area contributed by atoms with Crippen molar-refractivity contribution < 1.29 is 5.11 Å². The topological polar surface area (TPSA) is 128 Å². The lowest BCUT2D eigenvalue weighted by molar-refractivity contribution is 0.474. The van der Waals surface area contributed by atoms with Crippen LogP contribution < -0.4 is 11.2 Å². The number of aromatic hydroxyl groups is 1. The lowest BCUT2D eigenvalue weighted by Gasteiger charge is -1.97. The molecule has 0 aliphatic carbocycles. The number of fused-ring (bicyclic) bond motifs is 1. The third-order valence-corrected chi connectivity index (χ3v) is 2.45. The number of nitrogens with zero attached hydrogens (tertiary/aromatic N) is 2. The van der Waals surface area contributed by atoms with Crippen LogP contribution in [-0.2, 0) is 0 Å². The predicted octanol–water partition coefficient (Wildman–Crippen LogP) is -0.293. The highest BCUT2D eigenvalue weighted by atomic mass is 16.3. The molecular formula is C10H7N5O3. The van der Waals surface area contributed by atoms with Gasteiger partial charge in [0.25, 0.3) is 5.56 Å². The molecule has 3 aromatic rings. The van der Waals surface area contributed by atoms with Crippen LogP contribution >= 0.6 is 0 Å². The summed E-state index contributed by atoms with van der Waals surface area (Å²) in [5, 5.41) is 9.63. The van der Waals surface area contributed by atoms with Gasteiger partial charge >= 0.3 is 5.69 Å². The Balaban J connectivity index is 2.33. The van der Waals surface area contributed by atoms with Crippen LogP contribution in [0.4, 0.5) is 0 Å². The fraction of sp³-hybridized carbons (Fsp3) is 0. The smallest absolute Gasteiger partial charge is 0.327 e. The molecule has 0 fully saturated rings. The van der Waals surface area contributed by atoms with E-state index in [1.165, 1.54) is 12.4 Å². The maximum atomic E-state index is 11.5. The second-order valence-corrected chi connectivity index (χ2v) is 3.61. The highest BCUT2D eigenvalue weighted by molar-refractivity contribution is 5.76. The van der Waals surface area contributed by atoms with Gasteiger partial charge in [0.1, 0.15) is 17.1 Å². The summed E-state index contributed by atoms with van der Waals surface area (Å²) in [6, 6.07) is 1.54. The zero-order valence-corrected chi connectivity index (χ0v) is 8.89. The van der Waals surface area contributed by atoms with Crippen LogP contribution in [0.15, 0.2) is 28.0 Å². The van der Waals surface area contributed by atoms with E-state index in [4.69, 9.17) is 0 Å². The van der Waals surface area contributed by atoms with E-state index in [0.717, 1.165) is 0 Å². The van der Waals surface area contributed by atoms with Crippen molar-refractivity contribution in [1.29, 1.82) is 0 Å². The summed E-state index contributed by atoms with van der Waals surface area (Å²) in [5.41, 5.74) is -0.539. The average Bonchev–Trinajstić information content (AvgIpc) is 2.73. The summed E-state index contributed by atoms with van der Waals surface area (Å²) >= 11 is 0. The molecule has 0 saturated heterocycles. The lowest BCUT2D eigenvalue weighted by Crippen LogP contribution is -2.21. The largest absolute Gasteiger partial charge is 0.506 e. The van der Waals surface area contributed by atoms with Crippen molar-refractivity contribution in [1.82, 2.24) is 24.9 Å². The van der Waals surface area contributed by atoms with E-state index in [0.29, 0.717) is 5.56 Å². The van der Waals surface area contributed by atoms with Gasteiger partial charge in [0.05, 0.1) is 11.8 Å². The Bertz CT molecular complexity index is 844. The van der Waals surface area contributed by atoms with Crippen molar-refractivity contribution in [3.05, 3.63) is 39.3 Å². The monoisotopic (exact) mass is 245 g/mol. The number of aromatic nitrogens is 5. The molecule has 0 amide bonds. The molecule has 0 saturated carbocycles. The van der Waals surface area contributed by atoms with Crippen LogP contribution in [0.2, 0.25) is 0 Å². The molecule has 3 aromatic heterocycles. The van der Waals surface area contributed by atoms with Gasteiger partial charge in [0.15, 0.2) is 5.65 Å². The van der Waals surface area contributed by atoms with E-state index < -0.39 is 11.2 Å². The molecule has 3 heterocycles. The highest BCUT2D eigenvalue weighted by Gasteiger charge is 2.11. The normalized spacial score (nSPS) is 10.9. The Morgan fingerprint density at radius 1 is 1.17 bits per heavy atom. The van der Waals surface area contributed by atoms with Crippen molar-refractivity contribution in [2.24, 2.45) is 0 Å². The third kappa shape index (κ3) is 1.47. The molecule has 3 rings (SSSR count). The maximum Gasteiger partial charge on any atom is 0.327 e. The van der Waals surface area contributed by atoms with Crippen LogP contribution in [0.25, 0.3) is 22.6 Å². The molecule has 0 aliphatic heterocycles. The summed E-state index contributed by atoms with van der Waals surface area (Å²) in [6.07, 6.45) is 2.74. The number of aromatic amines is 3. The van der Waals surface area contributed by atoms with Gasteiger partial charge in [-0.2, -0.15) is 0 Å². The van der Waals surface area contributed by atoms with Gasteiger partial charge in [0.2, 0.25) is 0 Å². The molecule has 8 heteroatoms. The minimum absolute atomic E-state index is 0.0738. The van der Waals surface area contributed by atoms with Crippen molar-refractivity contribution >= 4 is 11.2 Å². The van der Waals surface area contributed by atoms with Crippen molar-refractivity contribution in [2.75, 3.05) is 0 Å². The van der Waals surface area contributed by atoms with Gasteiger partial charge in [-0.3, -0.25) is 19.7 Å². The lowest BCUT2D eigenvalue weighted by atomic mass is 10.2. The maximum absolute atomic E-state index is 11.5. The minimum Gasteiger partial charge on any atom is -0.506 e. The SMILES string of the molecule is O=c1[nH]c(=O)c2[nH]c(-c3ccncc3O)nc2[nH]1. The van der Waals surface area contributed by atoms with E-state index in [1.807, 2.05) is 0 Å². The molecule has 18 heavy (non-hydrogen) atoms. The Labute approximate surface area is 98.4 Å². The van der Waals surface area contributed by atoms with Crippen molar-refractivity contribution in [3.8, 4) is 17.1 Å². The fourth-order valence-electron chi connectivity index (χ4n) is 1.65. The van der Waals surface area contributed by atoms with Gasteiger partial charge in [-0.05, 0) is 6.07 Å². The first-order valence-corrected chi connectivity index (χ1v) is 5.01. The number of pyridine rings is 1. The number of rotatable bonds is 1. The Morgan fingerprint density at radius 3 is 2.78 bits per heavy atom. The molecule has 0 aliphatic rings. The third-order valence-electron chi connectivity index (χ3n) is 2.45. The summed E-state index contributed by atoms with van der Waals surface area (Å²) in [4.78, 5) is 37.6. The van der Waals surface area contributed by atoms with Crippen molar-refractivity contribution in [3.63, 3.8) is 0 Å². The second kappa shape index (κ2) is 3.55. The summed E-state index contributed by atoms with van der Waals surface area (Å²) < 4.78 is 0. The molecule has 8 nitrogen and oxygen atoms in total. The van der Waals surface area contributed by atoms with E-state index in [2.05, 4.69) is 24.9 Å². The highest BCUT2D eigenvalue weighted by Crippen LogP contribution is 2.25. The van der Waals surface area contributed by atoms with Crippen molar-refractivity contribution in [2.45, 2.75) is 0 Å². The molecule has 90 valence electrons. The number of nitrogens with one attached hydrogen (secondary N) is 3. The first-order valence-electron chi connectivity index (χ1n) is 5.01. The van der Waals surface area contributed by atoms with Crippen LogP contribution in [0.1, 0.15) is 0 Å². The average molecular weight is 245 g/mol. The first kappa shape index (κ1) is 10.3. The quantitative estimate of drug-likeness (QED) is 0.468. The van der Waals surface area contributed by atoms with E-state index in [-0.39, 0.29) is 22.7 Å². The Kier molecular flexibility index (Phi) is 2.03. The molecular weight excluding hydrogens is 238 g/mol. The van der Waals surface area contributed by atoms with Crippen LogP contribution in [0.3, 0.4) is 0 Å².